The molecule has 1 saturated heterocycles. The van der Waals surface area contributed by atoms with Crippen LogP contribution in [0.15, 0.2) is 42.7 Å². The second-order valence-corrected chi connectivity index (χ2v) is 7.15. The third-order valence-electron chi connectivity index (χ3n) is 5.07. The highest BCUT2D eigenvalue weighted by atomic mass is 19.4. The van der Waals surface area contributed by atoms with E-state index in [1.165, 1.54) is 4.52 Å². The lowest BCUT2D eigenvalue weighted by molar-refractivity contribution is -0.173. The summed E-state index contributed by atoms with van der Waals surface area (Å²) in [6, 6.07) is 7.79. The molecule has 4 rings (SSSR count). The van der Waals surface area contributed by atoms with Gasteiger partial charge in [-0.1, -0.05) is 6.07 Å². The lowest BCUT2D eigenvalue weighted by Gasteiger charge is -2.22. The first-order chi connectivity index (χ1) is 14.3. The second-order valence-electron chi connectivity index (χ2n) is 7.15. The van der Waals surface area contributed by atoms with E-state index in [0.717, 1.165) is 5.69 Å². The molecule has 1 aliphatic rings. The quantitative estimate of drug-likeness (QED) is 0.664. The maximum absolute atomic E-state index is 13.2. The lowest BCUT2D eigenvalue weighted by atomic mass is 10.0. The number of pyridine rings is 2. The van der Waals surface area contributed by atoms with Crippen LogP contribution in [0.3, 0.4) is 0 Å². The van der Waals surface area contributed by atoms with Gasteiger partial charge in [-0.15, -0.1) is 0 Å². The molecule has 1 aliphatic heterocycles. The molecular formula is C20H20F3N5O2. The van der Waals surface area contributed by atoms with Gasteiger partial charge in [-0.2, -0.15) is 18.3 Å². The molecule has 3 aromatic heterocycles. The summed E-state index contributed by atoms with van der Waals surface area (Å²) < 4.78 is 46.8. The summed E-state index contributed by atoms with van der Waals surface area (Å²) in [6.45, 7) is 1.73. The molecule has 0 aliphatic carbocycles. The van der Waals surface area contributed by atoms with Crippen LogP contribution in [0.2, 0.25) is 0 Å². The molecular weight excluding hydrogens is 399 g/mol. The van der Waals surface area contributed by atoms with Gasteiger partial charge in [0.1, 0.15) is 12.4 Å². The maximum Gasteiger partial charge on any atom is 0.395 e. The number of carbonyl (C=O) groups excluding carboxylic acids is 1. The lowest BCUT2D eigenvalue weighted by Crippen LogP contribution is -2.45. The molecule has 0 spiro atoms. The number of nitrogens with zero attached hydrogens (tertiary/aromatic N) is 3. The van der Waals surface area contributed by atoms with E-state index >= 15 is 0 Å². The Morgan fingerprint density at radius 2 is 2.17 bits per heavy atom. The average molecular weight is 419 g/mol. The van der Waals surface area contributed by atoms with Gasteiger partial charge in [0, 0.05) is 31.5 Å². The van der Waals surface area contributed by atoms with E-state index in [0.29, 0.717) is 17.0 Å². The third kappa shape index (κ3) is 4.09. The Balaban J connectivity index is 1.55. The zero-order valence-corrected chi connectivity index (χ0v) is 16.1. The summed E-state index contributed by atoms with van der Waals surface area (Å²) in [6.07, 6.45) is -1.08. The van der Waals surface area contributed by atoms with Gasteiger partial charge < -0.3 is 15.4 Å². The molecule has 30 heavy (non-hydrogen) atoms. The summed E-state index contributed by atoms with van der Waals surface area (Å²) in [5, 5.41) is 9.50. The normalized spacial score (nSPS) is 19.2. The summed E-state index contributed by atoms with van der Waals surface area (Å²) in [4.78, 5) is 17.0. The van der Waals surface area contributed by atoms with E-state index in [1.807, 2.05) is 12.1 Å². The second kappa shape index (κ2) is 7.94. The number of amides is 1. The van der Waals surface area contributed by atoms with Crippen LogP contribution >= 0.6 is 0 Å². The zero-order valence-electron chi connectivity index (χ0n) is 16.1. The molecule has 0 bridgehead atoms. The van der Waals surface area contributed by atoms with Crippen molar-refractivity contribution in [2.75, 3.05) is 13.1 Å². The van der Waals surface area contributed by atoms with Gasteiger partial charge >= 0.3 is 6.18 Å². The summed E-state index contributed by atoms with van der Waals surface area (Å²) in [5.41, 5.74) is 1.85. The molecule has 10 heteroatoms. The van der Waals surface area contributed by atoms with Crippen LogP contribution in [0.1, 0.15) is 21.7 Å². The van der Waals surface area contributed by atoms with Crippen LogP contribution in [0, 0.1) is 12.8 Å². The molecule has 3 aromatic rings. The Kier molecular flexibility index (Phi) is 5.33. The standard InChI is InChI=1S/C20H20F3N5O2/c1-12-18(19(29)26-16-10-24-9-15(16)20(21,22)23)17-8-14(5-7-28(17)27-12)30-11-13-4-2-3-6-25-13/h2-8,15-16,24H,9-11H2,1H3,(H,26,29)/t15-,16-/m1/s1. The molecule has 0 aromatic carbocycles. The minimum atomic E-state index is -4.38. The minimum absolute atomic E-state index is 0.0621. The number of carbonyl (C=O) groups is 1. The summed E-state index contributed by atoms with van der Waals surface area (Å²) >= 11 is 0. The molecule has 7 nitrogen and oxygen atoms in total. The fourth-order valence-corrected chi connectivity index (χ4v) is 3.57. The number of aromatic nitrogens is 3. The van der Waals surface area contributed by atoms with Gasteiger partial charge in [-0.05, 0) is 25.1 Å². The highest BCUT2D eigenvalue weighted by Crippen LogP contribution is 2.31. The maximum atomic E-state index is 13.2. The van der Waals surface area contributed by atoms with Crippen LogP contribution in [-0.2, 0) is 6.61 Å². The number of ether oxygens (including phenoxy) is 1. The summed E-state index contributed by atoms with van der Waals surface area (Å²) in [5.74, 6) is -1.72. The number of aryl methyl sites for hydroxylation is 1. The molecule has 4 heterocycles. The Hall–Kier alpha value is -3.14. The Bertz CT molecular complexity index is 1050. The van der Waals surface area contributed by atoms with Crippen LogP contribution in [0.25, 0.3) is 5.52 Å². The topological polar surface area (TPSA) is 80.5 Å². The molecule has 158 valence electrons. The molecule has 1 fully saturated rings. The number of fused-ring (bicyclic) bond motifs is 1. The van der Waals surface area contributed by atoms with Crippen molar-refractivity contribution in [3.8, 4) is 5.75 Å². The van der Waals surface area contributed by atoms with Gasteiger partial charge in [-0.3, -0.25) is 9.78 Å². The molecule has 0 unspecified atom stereocenters. The number of halogens is 3. The Labute approximate surface area is 170 Å². The number of hydrogen-bond acceptors (Lipinski definition) is 5. The number of rotatable bonds is 5. The predicted molar refractivity (Wildman–Crippen MR) is 102 cm³/mol. The van der Waals surface area contributed by atoms with E-state index in [2.05, 4.69) is 20.7 Å². The average Bonchev–Trinajstić information content (AvgIpc) is 3.30. The van der Waals surface area contributed by atoms with Gasteiger partial charge in [0.2, 0.25) is 0 Å². The van der Waals surface area contributed by atoms with Crippen molar-refractivity contribution in [1.29, 1.82) is 0 Å². The highest BCUT2D eigenvalue weighted by Gasteiger charge is 2.47. The number of hydrogen-bond donors (Lipinski definition) is 2. The molecule has 2 atom stereocenters. The van der Waals surface area contributed by atoms with Gasteiger partial charge in [0.15, 0.2) is 0 Å². The van der Waals surface area contributed by atoms with Gasteiger partial charge in [-0.25, -0.2) is 4.52 Å². The van der Waals surface area contributed by atoms with Gasteiger partial charge in [0.05, 0.1) is 34.4 Å². The Morgan fingerprint density at radius 1 is 1.33 bits per heavy atom. The molecule has 2 N–H and O–H groups in total. The van der Waals surface area contributed by atoms with Crippen molar-refractivity contribution in [1.82, 2.24) is 25.2 Å². The number of nitrogens with one attached hydrogen (secondary N) is 2. The van der Waals surface area contributed by atoms with Crippen molar-refractivity contribution in [3.05, 3.63) is 59.7 Å². The smallest absolute Gasteiger partial charge is 0.395 e. The highest BCUT2D eigenvalue weighted by molar-refractivity contribution is 6.02. The third-order valence-corrected chi connectivity index (χ3v) is 5.07. The minimum Gasteiger partial charge on any atom is -0.487 e. The predicted octanol–water partition coefficient (Wildman–Crippen LogP) is 2.50. The van der Waals surface area contributed by atoms with Crippen molar-refractivity contribution in [3.63, 3.8) is 0 Å². The zero-order chi connectivity index (χ0) is 21.3. The van der Waals surface area contributed by atoms with Crippen LogP contribution in [-0.4, -0.2) is 45.8 Å². The monoisotopic (exact) mass is 419 g/mol. The van der Waals surface area contributed by atoms with Crippen LogP contribution in [0.4, 0.5) is 13.2 Å². The SMILES string of the molecule is Cc1nn2ccc(OCc3ccccn3)cc2c1C(=O)N[C@@H]1CNC[C@H]1C(F)(F)F. The first kappa shape index (κ1) is 20.1. The van der Waals surface area contributed by atoms with E-state index < -0.39 is 24.0 Å². The molecule has 1 amide bonds. The summed E-state index contributed by atoms with van der Waals surface area (Å²) in [7, 11) is 0. The van der Waals surface area contributed by atoms with Crippen LogP contribution in [0.5, 0.6) is 5.75 Å². The van der Waals surface area contributed by atoms with E-state index in [9.17, 15) is 18.0 Å². The van der Waals surface area contributed by atoms with E-state index in [1.54, 1.807) is 37.5 Å². The molecule has 0 radical (unpaired) electrons. The van der Waals surface area contributed by atoms with Crippen molar-refractivity contribution < 1.29 is 22.7 Å². The van der Waals surface area contributed by atoms with Crippen molar-refractivity contribution >= 4 is 11.4 Å². The van der Waals surface area contributed by atoms with Crippen LogP contribution < -0.4 is 15.4 Å². The van der Waals surface area contributed by atoms with E-state index in [-0.39, 0.29) is 25.3 Å². The fraction of sp³-hybridized carbons (Fsp3) is 0.350. The van der Waals surface area contributed by atoms with Gasteiger partial charge in [0.25, 0.3) is 5.91 Å². The number of alkyl halides is 3. The van der Waals surface area contributed by atoms with Crippen molar-refractivity contribution in [2.24, 2.45) is 5.92 Å². The largest absolute Gasteiger partial charge is 0.487 e. The fourth-order valence-electron chi connectivity index (χ4n) is 3.57. The van der Waals surface area contributed by atoms with E-state index in [4.69, 9.17) is 4.74 Å². The Morgan fingerprint density at radius 3 is 2.90 bits per heavy atom. The van der Waals surface area contributed by atoms with Crippen molar-refractivity contribution in [2.45, 2.75) is 25.7 Å². The first-order valence-electron chi connectivity index (χ1n) is 9.43. The first-order valence-corrected chi connectivity index (χ1v) is 9.43. The molecule has 0 saturated carbocycles.